The number of hydrogen-bond acceptors (Lipinski definition) is 6. The maximum atomic E-state index is 5.94. The zero-order chi connectivity index (χ0) is 19.2. The van der Waals surface area contributed by atoms with Gasteiger partial charge in [-0.05, 0) is 35.9 Å². The van der Waals surface area contributed by atoms with Crippen molar-refractivity contribution in [1.29, 1.82) is 0 Å². The summed E-state index contributed by atoms with van der Waals surface area (Å²) in [5.74, 6) is 1.32. The third kappa shape index (κ3) is 4.71. The maximum absolute atomic E-state index is 5.94. The van der Waals surface area contributed by atoms with Gasteiger partial charge in [-0.1, -0.05) is 35.9 Å². The van der Waals surface area contributed by atoms with Crippen LogP contribution in [-0.4, -0.2) is 36.3 Å². The van der Waals surface area contributed by atoms with Crippen LogP contribution in [0, 0.1) is 0 Å². The molecule has 2 heterocycles. The van der Waals surface area contributed by atoms with Crippen LogP contribution < -0.4 is 15.5 Å². The lowest BCUT2D eigenvalue weighted by atomic mass is 10.2. The molecule has 7 heteroatoms. The summed E-state index contributed by atoms with van der Waals surface area (Å²) in [5.41, 5.74) is 3.25. The van der Waals surface area contributed by atoms with E-state index in [1.54, 1.807) is 6.20 Å². The number of benzene rings is 2. The Morgan fingerprint density at radius 1 is 1.00 bits per heavy atom. The zero-order valence-electron chi connectivity index (χ0n) is 15.4. The van der Waals surface area contributed by atoms with Gasteiger partial charge in [0.2, 0.25) is 5.95 Å². The number of morpholine rings is 1. The Bertz CT molecular complexity index is 913. The lowest BCUT2D eigenvalue weighted by molar-refractivity contribution is 0.123. The molecule has 28 heavy (non-hydrogen) atoms. The number of nitrogens with zero attached hydrogens (tertiary/aromatic N) is 3. The Hall–Kier alpha value is -2.83. The second-order valence-corrected chi connectivity index (χ2v) is 6.92. The third-order valence-electron chi connectivity index (χ3n) is 4.54. The molecule has 1 saturated heterocycles. The summed E-state index contributed by atoms with van der Waals surface area (Å²) in [4.78, 5) is 11.3. The minimum absolute atomic E-state index is 0.557. The van der Waals surface area contributed by atoms with Gasteiger partial charge < -0.3 is 20.3 Å². The van der Waals surface area contributed by atoms with Gasteiger partial charge in [0, 0.05) is 30.9 Å². The summed E-state index contributed by atoms with van der Waals surface area (Å²) in [6.07, 6.45) is 1.75. The second kappa shape index (κ2) is 8.91. The molecule has 0 amide bonds. The van der Waals surface area contributed by atoms with Gasteiger partial charge >= 0.3 is 0 Å². The molecule has 0 radical (unpaired) electrons. The van der Waals surface area contributed by atoms with Gasteiger partial charge in [0.25, 0.3) is 0 Å². The average Bonchev–Trinajstić information content (AvgIpc) is 2.75. The van der Waals surface area contributed by atoms with E-state index in [0.29, 0.717) is 12.5 Å². The van der Waals surface area contributed by atoms with Crippen LogP contribution in [0.5, 0.6) is 0 Å². The van der Waals surface area contributed by atoms with Crippen molar-refractivity contribution in [3.63, 3.8) is 0 Å². The Labute approximate surface area is 169 Å². The molecule has 0 saturated carbocycles. The number of rotatable bonds is 6. The smallest absolute Gasteiger partial charge is 0.229 e. The van der Waals surface area contributed by atoms with E-state index in [2.05, 4.69) is 31.6 Å². The summed E-state index contributed by atoms with van der Waals surface area (Å²) in [5, 5.41) is 7.41. The highest BCUT2D eigenvalue weighted by atomic mass is 35.5. The summed E-state index contributed by atoms with van der Waals surface area (Å²) in [6.45, 7) is 3.91. The van der Waals surface area contributed by atoms with Crippen LogP contribution in [0.2, 0.25) is 5.02 Å². The first-order valence-electron chi connectivity index (χ1n) is 9.28. The second-order valence-electron chi connectivity index (χ2n) is 6.49. The van der Waals surface area contributed by atoms with Gasteiger partial charge in [0.05, 0.1) is 24.6 Å². The number of ether oxygens (including phenoxy) is 1. The van der Waals surface area contributed by atoms with E-state index in [1.807, 2.05) is 48.5 Å². The van der Waals surface area contributed by atoms with E-state index in [1.165, 1.54) is 0 Å². The zero-order valence-corrected chi connectivity index (χ0v) is 16.2. The summed E-state index contributed by atoms with van der Waals surface area (Å²) in [7, 11) is 0. The molecule has 1 aliphatic heterocycles. The molecule has 0 bridgehead atoms. The first-order chi connectivity index (χ1) is 13.8. The summed E-state index contributed by atoms with van der Waals surface area (Å²) >= 11 is 5.94. The Morgan fingerprint density at radius 2 is 1.79 bits per heavy atom. The Kier molecular flexibility index (Phi) is 5.89. The first kappa shape index (κ1) is 18.5. The fourth-order valence-corrected chi connectivity index (χ4v) is 3.22. The highest BCUT2D eigenvalue weighted by Gasteiger charge is 2.15. The standard InChI is InChI=1S/C21H22ClN5O/c22-17-7-5-16(6-8-17)15-24-20-9-10-23-21(26-20)25-18-3-1-2-4-19(18)27-11-13-28-14-12-27/h1-10H,11-15H2,(H2,23,24,25,26). The van der Waals surface area contributed by atoms with Crippen molar-refractivity contribution in [2.75, 3.05) is 41.8 Å². The van der Waals surface area contributed by atoms with Crippen molar-refractivity contribution in [1.82, 2.24) is 9.97 Å². The molecule has 6 nitrogen and oxygen atoms in total. The number of hydrogen-bond donors (Lipinski definition) is 2. The molecule has 0 aliphatic carbocycles. The number of para-hydroxylation sites is 2. The minimum Gasteiger partial charge on any atom is -0.378 e. The predicted octanol–water partition coefficient (Wildman–Crippen LogP) is 4.32. The SMILES string of the molecule is Clc1ccc(CNc2ccnc(Nc3ccccc3N3CCOCC3)n2)cc1. The minimum atomic E-state index is 0.557. The van der Waals surface area contributed by atoms with Crippen LogP contribution in [0.25, 0.3) is 0 Å². The number of nitrogens with one attached hydrogen (secondary N) is 2. The monoisotopic (exact) mass is 395 g/mol. The Balaban J connectivity index is 1.45. The predicted molar refractivity (Wildman–Crippen MR) is 114 cm³/mol. The van der Waals surface area contributed by atoms with E-state index < -0.39 is 0 Å². The summed E-state index contributed by atoms with van der Waals surface area (Å²) < 4.78 is 5.46. The third-order valence-corrected chi connectivity index (χ3v) is 4.80. The van der Waals surface area contributed by atoms with Gasteiger partial charge in [-0.25, -0.2) is 4.98 Å². The van der Waals surface area contributed by atoms with Gasteiger partial charge in [-0.2, -0.15) is 4.98 Å². The van der Waals surface area contributed by atoms with Gasteiger partial charge in [-0.3, -0.25) is 0 Å². The number of anilines is 4. The van der Waals surface area contributed by atoms with Crippen LogP contribution in [0.1, 0.15) is 5.56 Å². The van der Waals surface area contributed by atoms with Crippen molar-refractivity contribution < 1.29 is 4.74 Å². The van der Waals surface area contributed by atoms with Gasteiger partial charge in [-0.15, -0.1) is 0 Å². The topological polar surface area (TPSA) is 62.3 Å². The van der Waals surface area contributed by atoms with E-state index >= 15 is 0 Å². The molecule has 4 rings (SSSR count). The van der Waals surface area contributed by atoms with E-state index in [4.69, 9.17) is 16.3 Å². The van der Waals surface area contributed by atoms with E-state index in [9.17, 15) is 0 Å². The van der Waals surface area contributed by atoms with Crippen molar-refractivity contribution in [3.8, 4) is 0 Å². The van der Waals surface area contributed by atoms with Crippen LogP contribution in [0.15, 0.2) is 60.8 Å². The quantitative estimate of drug-likeness (QED) is 0.648. The van der Waals surface area contributed by atoms with Crippen molar-refractivity contribution in [3.05, 3.63) is 71.4 Å². The fraction of sp³-hybridized carbons (Fsp3) is 0.238. The summed E-state index contributed by atoms with van der Waals surface area (Å²) in [6, 6.07) is 17.8. The molecular formula is C21H22ClN5O. The van der Waals surface area contributed by atoms with Crippen molar-refractivity contribution >= 4 is 34.7 Å². The molecule has 0 unspecified atom stereocenters. The average molecular weight is 396 g/mol. The first-order valence-corrected chi connectivity index (χ1v) is 9.66. The molecule has 144 valence electrons. The van der Waals surface area contributed by atoms with Crippen LogP contribution in [-0.2, 0) is 11.3 Å². The lowest BCUT2D eigenvalue weighted by Crippen LogP contribution is -2.36. The molecule has 0 spiro atoms. The highest BCUT2D eigenvalue weighted by Crippen LogP contribution is 2.28. The number of halogens is 1. The maximum Gasteiger partial charge on any atom is 0.229 e. The molecule has 3 aromatic rings. The fourth-order valence-electron chi connectivity index (χ4n) is 3.09. The van der Waals surface area contributed by atoms with Crippen molar-refractivity contribution in [2.45, 2.75) is 6.54 Å². The lowest BCUT2D eigenvalue weighted by Gasteiger charge is -2.30. The Morgan fingerprint density at radius 3 is 2.61 bits per heavy atom. The van der Waals surface area contributed by atoms with E-state index in [0.717, 1.165) is 54.1 Å². The van der Waals surface area contributed by atoms with Gasteiger partial charge in [0.1, 0.15) is 5.82 Å². The molecular weight excluding hydrogens is 374 g/mol. The molecule has 1 fully saturated rings. The van der Waals surface area contributed by atoms with Crippen LogP contribution in [0.3, 0.4) is 0 Å². The van der Waals surface area contributed by atoms with Crippen molar-refractivity contribution in [2.24, 2.45) is 0 Å². The van der Waals surface area contributed by atoms with E-state index in [-0.39, 0.29) is 0 Å². The molecule has 2 N–H and O–H groups in total. The molecule has 1 aliphatic rings. The van der Waals surface area contributed by atoms with Gasteiger partial charge in [0.15, 0.2) is 0 Å². The largest absolute Gasteiger partial charge is 0.378 e. The van der Waals surface area contributed by atoms with Crippen LogP contribution >= 0.6 is 11.6 Å². The number of aromatic nitrogens is 2. The molecule has 1 aromatic heterocycles. The molecule has 2 aromatic carbocycles. The normalized spacial score (nSPS) is 14.0. The molecule has 0 atom stereocenters. The van der Waals surface area contributed by atoms with Crippen LogP contribution in [0.4, 0.5) is 23.1 Å². The highest BCUT2D eigenvalue weighted by molar-refractivity contribution is 6.30.